The van der Waals surface area contributed by atoms with Gasteiger partial charge in [0, 0.05) is 11.0 Å². The Morgan fingerprint density at radius 1 is 1.50 bits per heavy atom. The summed E-state index contributed by atoms with van der Waals surface area (Å²) in [5.74, 6) is -0.324. The quantitative estimate of drug-likeness (QED) is 0.735. The molecule has 0 heterocycles. The van der Waals surface area contributed by atoms with Crippen molar-refractivity contribution in [3.8, 4) is 0 Å². The van der Waals surface area contributed by atoms with Crippen LogP contribution < -0.4 is 11.1 Å². The van der Waals surface area contributed by atoms with E-state index in [1.54, 1.807) is 0 Å². The van der Waals surface area contributed by atoms with E-state index in [0.717, 1.165) is 16.5 Å². The van der Waals surface area contributed by atoms with Gasteiger partial charge in [0.2, 0.25) is 5.91 Å². The number of hydrogen-bond acceptors (Lipinski definition) is 3. The number of hydrogen-bond donors (Lipinski definition) is 3. The zero-order valence-electron chi connectivity index (χ0n) is 8.82. The number of carbonyl (C=O) groups excluding carboxylic acids is 1. The molecule has 1 atom stereocenters. The minimum atomic E-state index is -0.834. The molecule has 0 aliphatic rings. The van der Waals surface area contributed by atoms with Crippen molar-refractivity contribution in [2.24, 2.45) is 5.73 Å². The normalized spacial score (nSPS) is 12.2. The molecule has 0 aliphatic carbocycles. The highest BCUT2D eigenvalue weighted by Crippen LogP contribution is 2.15. The fraction of sp³-hybridized carbons (Fsp3) is 0.364. The highest BCUT2D eigenvalue weighted by molar-refractivity contribution is 9.10. The molecule has 1 aromatic rings. The summed E-state index contributed by atoms with van der Waals surface area (Å²) in [5, 5.41) is 11.3. The predicted octanol–water partition coefficient (Wildman–Crippen LogP) is 0.427. The Hall–Kier alpha value is -0.910. The fourth-order valence-electron chi connectivity index (χ4n) is 1.24. The van der Waals surface area contributed by atoms with Crippen molar-refractivity contribution < 1.29 is 9.90 Å². The molecule has 0 saturated heterocycles. The maximum atomic E-state index is 11.2. The van der Waals surface area contributed by atoms with Crippen molar-refractivity contribution in [2.45, 2.75) is 12.5 Å². The lowest BCUT2D eigenvalue weighted by Gasteiger charge is -2.10. The van der Waals surface area contributed by atoms with E-state index in [0.29, 0.717) is 6.54 Å². The van der Waals surface area contributed by atoms with Crippen LogP contribution in [0.25, 0.3) is 0 Å². The molecule has 0 saturated carbocycles. The van der Waals surface area contributed by atoms with Crippen LogP contribution in [-0.4, -0.2) is 30.2 Å². The summed E-state index contributed by atoms with van der Waals surface area (Å²) in [6, 6.07) is 6.99. The smallest absolute Gasteiger partial charge is 0.239 e. The predicted molar refractivity (Wildman–Crippen MR) is 65.9 cm³/mol. The summed E-state index contributed by atoms with van der Waals surface area (Å²) in [5.41, 5.74) is 6.48. The molecule has 16 heavy (non-hydrogen) atoms. The summed E-state index contributed by atoms with van der Waals surface area (Å²) >= 11 is 3.43. The minimum Gasteiger partial charge on any atom is -0.394 e. The zero-order valence-corrected chi connectivity index (χ0v) is 10.4. The second kappa shape index (κ2) is 6.62. The molecule has 0 spiro atoms. The molecule has 1 amide bonds. The number of rotatable bonds is 5. The second-order valence-electron chi connectivity index (χ2n) is 3.42. The molecule has 0 radical (unpaired) electrons. The van der Waals surface area contributed by atoms with Crippen LogP contribution in [0.4, 0.5) is 0 Å². The van der Waals surface area contributed by atoms with Crippen molar-refractivity contribution in [3.63, 3.8) is 0 Å². The van der Waals surface area contributed by atoms with Gasteiger partial charge in [-0.05, 0) is 18.1 Å². The fourth-order valence-corrected chi connectivity index (χ4v) is 1.72. The monoisotopic (exact) mass is 286 g/mol. The number of carbonyl (C=O) groups is 1. The molecular weight excluding hydrogens is 272 g/mol. The third-order valence-corrected chi connectivity index (χ3v) is 2.96. The van der Waals surface area contributed by atoms with Crippen molar-refractivity contribution in [3.05, 3.63) is 34.3 Å². The van der Waals surface area contributed by atoms with E-state index in [-0.39, 0.29) is 12.5 Å². The van der Waals surface area contributed by atoms with Crippen LogP contribution in [0.5, 0.6) is 0 Å². The Bertz CT molecular complexity index is 358. The molecule has 1 aromatic carbocycles. The molecule has 0 fully saturated rings. The molecule has 4 N–H and O–H groups in total. The van der Waals surface area contributed by atoms with Crippen LogP contribution >= 0.6 is 15.9 Å². The molecule has 0 bridgehead atoms. The summed E-state index contributed by atoms with van der Waals surface area (Å²) < 4.78 is 1.02. The largest absolute Gasteiger partial charge is 0.394 e. The van der Waals surface area contributed by atoms with Crippen LogP contribution in [-0.2, 0) is 11.2 Å². The van der Waals surface area contributed by atoms with E-state index in [9.17, 15) is 4.79 Å². The van der Waals surface area contributed by atoms with Gasteiger partial charge < -0.3 is 16.2 Å². The maximum absolute atomic E-state index is 11.2. The first-order valence-corrected chi connectivity index (χ1v) is 5.82. The number of nitrogens with two attached hydrogens (primary N) is 1. The Kier molecular flexibility index (Phi) is 5.45. The number of benzene rings is 1. The Morgan fingerprint density at radius 2 is 2.19 bits per heavy atom. The van der Waals surface area contributed by atoms with Gasteiger partial charge in [0.05, 0.1) is 6.61 Å². The number of nitrogens with one attached hydrogen (secondary N) is 1. The van der Waals surface area contributed by atoms with Gasteiger partial charge in [-0.1, -0.05) is 34.1 Å². The van der Waals surface area contributed by atoms with Crippen LogP contribution in [0.15, 0.2) is 28.7 Å². The Labute approximate surface area is 103 Å². The van der Waals surface area contributed by atoms with Gasteiger partial charge in [0.1, 0.15) is 6.04 Å². The molecule has 0 aromatic heterocycles. The third kappa shape index (κ3) is 3.92. The summed E-state index contributed by atoms with van der Waals surface area (Å²) in [6.45, 7) is 0.177. The van der Waals surface area contributed by atoms with Crippen molar-refractivity contribution in [1.82, 2.24) is 5.32 Å². The van der Waals surface area contributed by atoms with Crippen molar-refractivity contribution in [1.29, 1.82) is 0 Å². The minimum absolute atomic E-state index is 0.324. The molecule has 4 nitrogen and oxygen atoms in total. The average Bonchev–Trinajstić information content (AvgIpc) is 2.30. The topological polar surface area (TPSA) is 75.3 Å². The molecule has 0 aliphatic heterocycles. The first-order chi connectivity index (χ1) is 7.65. The van der Waals surface area contributed by atoms with Crippen LogP contribution in [0.1, 0.15) is 5.56 Å². The molecule has 88 valence electrons. The van der Waals surface area contributed by atoms with E-state index < -0.39 is 6.04 Å². The SMILES string of the molecule is NC(CO)C(=O)NCCc1ccccc1Br. The third-order valence-electron chi connectivity index (χ3n) is 2.18. The van der Waals surface area contributed by atoms with E-state index in [1.807, 2.05) is 24.3 Å². The lowest BCUT2D eigenvalue weighted by Crippen LogP contribution is -2.43. The average molecular weight is 287 g/mol. The van der Waals surface area contributed by atoms with E-state index >= 15 is 0 Å². The zero-order chi connectivity index (χ0) is 12.0. The number of aliphatic hydroxyl groups excluding tert-OH is 1. The van der Waals surface area contributed by atoms with E-state index in [2.05, 4.69) is 21.2 Å². The van der Waals surface area contributed by atoms with Crippen LogP contribution in [0.2, 0.25) is 0 Å². The number of halogens is 1. The van der Waals surface area contributed by atoms with E-state index in [1.165, 1.54) is 0 Å². The maximum Gasteiger partial charge on any atom is 0.239 e. The first kappa shape index (κ1) is 13.2. The van der Waals surface area contributed by atoms with E-state index in [4.69, 9.17) is 10.8 Å². The molecule has 1 unspecified atom stereocenters. The summed E-state index contributed by atoms with van der Waals surface area (Å²) in [7, 11) is 0. The Morgan fingerprint density at radius 3 is 2.81 bits per heavy atom. The van der Waals surface area contributed by atoms with Crippen molar-refractivity contribution in [2.75, 3.05) is 13.2 Å². The van der Waals surface area contributed by atoms with Crippen molar-refractivity contribution >= 4 is 21.8 Å². The first-order valence-electron chi connectivity index (χ1n) is 5.02. The highest BCUT2D eigenvalue weighted by atomic mass is 79.9. The number of amides is 1. The highest BCUT2D eigenvalue weighted by Gasteiger charge is 2.10. The van der Waals surface area contributed by atoms with Gasteiger partial charge in [-0.3, -0.25) is 4.79 Å². The summed E-state index contributed by atoms with van der Waals surface area (Å²) in [6.07, 6.45) is 0.727. The summed E-state index contributed by atoms with van der Waals surface area (Å²) in [4.78, 5) is 11.2. The standard InChI is InChI=1S/C11H15BrN2O2/c12-9-4-2-1-3-8(9)5-6-14-11(16)10(13)7-15/h1-4,10,15H,5-7,13H2,(H,14,16). The molecule has 1 rings (SSSR count). The van der Waals surface area contributed by atoms with Gasteiger partial charge in [0.15, 0.2) is 0 Å². The van der Waals surface area contributed by atoms with Gasteiger partial charge >= 0.3 is 0 Å². The lowest BCUT2D eigenvalue weighted by molar-refractivity contribution is -0.123. The Balaban J connectivity index is 2.36. The van der Waals surface area contributed by atoms with Gasteiger partial charge in [-0.15, -0.1) is 0 Å². The second-order valence-corrected chi connectivity index (χ2v) is 4.28. The van der Waals surface area contributed by atoms with Crippen LogP contribution in [0, 0.1) is 0 Å². The molecular formula is C11H15BrN2O2. The lowest BCUT2D eigenvalue weighted by atomic mass is 10.1. The molecule has 5 heteroatoms. The van der Waals surface area contributed by atoms with Gasteiger partial charge in [0.25, 0.3) is 0 Å². The van der Waals surface area contributed by atoms with Crippen LogP contribution in [0.3, 0.4) is 0 Å². The van der Waals surface area contributed by atoms with Gasteiger partial charge in [-0.2, -0.15) is 0 Å². The number of aliphatic hydroxyl groups is 1. The van der Waals surface area contributed by atoms with Gasteiger partial charge in [-0.25, -0.2) is 0 Å².